The van der Waals surface area contributed by atoms with Gasteiger partial charge in [0.15, 0.2) is 0 Å². The molecule has 0 unspecified atom stereocenters. The van der Waals surface area contributed by atoms with E-state index >= 15 is 0 Å². The van der Waals surface area contributed by atoms with Crippen LogP contribution in [0.3, 0.4) is 0 Å². The number of amides is 1. The van der Waals surface area contributed by atoms with Gasteiger partial charge in [-0.05, 0) is 37.1 Å². The zero-order valence-electron chi connectivity index (χ0n) is 10.1. The number of hydrogen-bond donors (Lipinski definition) is 0. The molecule has 2 rings (SSSR count). The van der Waals surface area contributed by atoms with Gasteiger partial charge in [0.25, 0.3) is 0 Å². The van der Waals surface area contributed by atoms with Gasteiger partial charge in [0.05, 0.1) is 6.61 Å². The van der Waals surface area contributed by atoms with E-state index in [1.807, 2.05) is 42.2 Å². The number of rotatable bonds is 4. The highest BCUT2D eigenvalue weighted by atomic mass is 16.5. The second-order valence-corrected chi connectivity index (χ2v) is 4.01. The molecule has 1 aliphatic heterocycles. The number of nitrogens with zero attached hydrogens (tertiary/aromatic N) is 1. The van der Waals surface area contributed by atoms with Gasteiger partial charge in [0.2, 0.25) is 5.91 Å². The average Bonchev–Trinajstić information content (AvgIpc) is 2.26. The SMILES string of the molecule is CCOc1ccc(C=CC(=O)N2CCC2)cc1. The molecule has 0 aliphatic carbocycles. The van der Waals surface area contributed by atoms with Crippen LogP contribution in [0.5, 0.6) is 5.75 Å². The van der Waals surface area contributed by atoms with Crippen molar-refractivity contribution in [3.63, 3.8) is 0 Å². The van der Waals surface area contributed by atoms with Crippen LogP contribution in [0.1, 0.15) is 18.9 Å². The smallest absolute Gasteiger partial charge is 0.246 e. The summed E-state index contributed by atoms with van der Waals surface area (Å²) in [6.07, 6.45) is 4.61. The van der Waals surface area contributed by atoms with Gasteiger partial charge < -0.3 is 9.64 Å². The minimum atomic E-state index is 0.102. The van der Waals surface area contributed by atoms with E-state index in [-0.39, 0.29) is 5.91 Å². The van der Waals surface area contributed by atoms with Crippen molar-refractivity contribution >= 4 is 12.0 Å². The topological polar surface area (TPSA) is 29.5 Å². The van der Waals surface area contributed by atoms with Crippen molar-refractivity contribution in [3.8, 4) is 5.75 Å². The Labute approximate surface area is 102 Å². The zero-order valence-corrected chi connectivity index (χ0v) is 10.1. The van der Waals surface area contributed by atoms with Crippen molar-refractivity contribution < 1.29 is 9.53 Å². The molecule has 3 nitrogen and oxygen atoms in total. The van der Waals surface area contributed by atoms with Crippen LogP contribution in [-0.2, 0) is 4.79 Å². The second kappa shape index (κ2) is 5.53. The lowest BCUT2D eigenvalue weighted by molar-refractivity contribution is -0.129. The van der Waals surface area contributed by atoms with Gasteiger partial charge in [-0.3, -0.25) is 4.79 Å². The van der Waals surface area contributed by atoms with E-state index in [4.69, 9.17) is 4.74 Å². The van der Waals surface area contributed by atoms with Crippen LogP contribution in [0.2, 0.25) is 0 Å². The normalized spacial score (nSPS) is 14.8. The van der Waals surface area contributed by atoms with Crippen molar-refractivity contribution in [2.24, 2.45) is 0 Å². The Morgan fingerprint density at radius 1 is 1.35 bits per heavy atom. The summed E-state index contributed by atoms with van der Waals surface area (Å²) in [6, 6.07) is 7.73. The first-order chi connectivity index (χ1) is 8.29. The van der Waals surface area contributed by atoms with E-state index in [9.17, 15) is 4.79 Å². The van der Waals surface area contributed by atoms with Gasteiger partial charge >= 0.3 is 0 Å². The lowest BCUT2D eigenvalue weighted by atomic mass is 10.2. The van der Waals surface area contributed by atoms with Gasteiger partial charge in [-0.1, -0.05) is 12.1 Å². The minimum Gasteiger partial charge on any atom is -0.494 e. The van der Waals surface area contributed by atoms with Crippen LogP contribution in [0, 0.1) is 0 Å². The molecule has 0 N–H and O–H groups in total. The highest BCUT2D eigenvalue weighted by Crippen LogP contribution is 2.13. The van der Waals surface area contributed by atoms with Gasteiger partial charge in [-0.15, -0.1) is 0 Å². The molecule has 1 heterocycles. The summed E-state index contributed by atoms with van der Waals surface area (Å²) in [7, 11) is 0. The predicted octanol–water partition coefficient (Wildman–Crippen LogP) is 2.33. The molecule has 90 valence electrons. The summed E-state index contributed by atoms with van der Waals surface area (Å²) in [5.41, 5.74) is 1.02. The van der Waals surface area contributed by atoms with Crippen LogP contribution < -0.4 is 4.74 Å². The third kappa shape index (κ3) is 3.09. The molecule has 1 fully saturated rings. The summed E-state index contributed by atoms with van der Waals surface area (Å²) in [6.45, 7) is 4.42. The van der Waals surface area contributed by atoms with Gasteiger partial charge in [-0.25, -0.2) is 0 Å². The molecule has 0 atom stereocenters. The Morgan fingerprint density at radius 3 is 2.59 bits per heavy atom. The first-order valence-corrected chi connectivity index (χ1v) is 5.99. The van der Waals surface area contributed by atoms with Crippen molar-refractivity contribution in [3.05, 3.63) is 35.9 Å². The summed E-state index contributed by atoms with van der Waals surface area (Å²) in [5.74, 6) is 0.962. The first-order valence-electron chi connectivity index (χ1n) is 5.99. The van der Waals surface area contributed by atoms with Crippen molar-refractivity contribution in [1.29, 1.82) is 0 Å². The zero-order chi connectivity index (χ0) is 12.1. The molecule has 0 aromatic heterocycles. The monoisotopic (exact) mass is 231 g/mol. The lowest BCUT2D eigenvalue weighted by Crippen LogP contribution is -2.40. The van der Waals surface area contributed by atoms with E-state index in [1.54, 1.807) is 6.08 Å². The number of carbonyl (C=O) groups excluding carboxylic acids is 1. The number of benzene rings is 1. The molecule has 0 bridgehead atoms. The molecule has 1 saturated heterocycles. The highest BCUT2D eigenvalue weighted by molar-refractivity contribution is 5.92. The fraction of sp³-hybridized carbons (Fsp3) is 0.357. The van der Waals surface area contributed by atoms with Crippen molar-refractivity contribution in [1.82, 2.24) is 4.90 Å². The fourth-order valence-electron chi connectivity index (χ4n) is 1.65. The fourth-order valence-corrected chi connectivity index (χ4v) is 1.65. The van der Waals surface area contributed by atoms with Gasteiger partial charge in [0, 0.05) is 19.2 Å². The molecular formula is C14H17NO2. The summed E-state index contributed by atoms with van der Waals surface area (Å²) in [5, 5.41) is 0. The quantitative estimate of drug-likeness (QED) is 0.744. The third-order valence-corrected chi connectivity index (χ3v) is 2.78. The Kier molecular flexibility index (Phi) is 3.81. The second-order valence-electron chi connectivity index (χ2n) is 4.01. The largest absolute Gasteiger partial charge is 0.494 e. The molecule has 1 aliphatic rings. The Bertz CT molecular complexity index is 405. The maximum Gasteiger partial charge on any atom is 0.246 e. The maximum atomic E-state index is 11.6. The van der Waals surface area contributed by atoms with Crippen molar-refractivity contribution in [2.75, 3.05) is 19.7 Å². The minimum absolute atomic E-state index is 0.102. The number of carbonyl (C=O) groups is 1. The predicted molar refractivity (Wildman–Crippen MR) is 67.8 cm³/mol. The molecule has 1 aromatic rings. The van der Waals surface area contributed by atoms with Crippen LogP contribution >= 0.6 is 0 Å². The Morgan fingerprint density at radius 2 is 2.06 bits per heavy atom. The van der Waals surface area contributed by atoms with Crippen LogP contribution in [-0.4, -0.2) is 30.5 Å². The highest BCUT2D eigenvalue weighted by Gasteiger charge is 2.17. The van der Waals surface area contributed by atoms with E-state index in [0.29, 0.717) is 6.61 Å². The summed E-state index contributed by atoms with van der Waals surface area (Å²) >= 11 is 0. The molecule has 1 aromatic carbocycles. The van der Waals surface area contributed by atoms with Gasteiger partial charge in [0.1, 0.15) is 5.75 Å². The lowest BCUT2D eigenvalue weighted by Gasteiger charge is -2.29. The summed E-state index contributed by atoms with van der Waals surface area (Å²) < 4.78 is 5.35. The van der Waals surface area contributed by atoms with E-state index in [0.717, 1.165) is 30.8 Å². The third-order valence-electron chi connectivity index (χ3n) is 2.78. The van der Waals surface area contributed by atoms with Crippen LogP contribution in [0.4, 0.5) is 0 Å². The molecule has 17 heavy (non-hydrogen) atoms. The van der Waals surface area contributed by atoms with Crippen molar-refractivity contribution in [2.45, 2.75) is 13.3 Å². The summed E-state index contributed by atoms with van der Waals surface area (Å²) in [4.78, 5) is 13.4. The van der Waals surface area contributed by atoms with E-state index in [1.165, 1.54) is 0 Å². The van der Waals surface area contributed by atoms with Gasteiger partial charge in [-0.2, -0.15) is 0 Å². The maximum absolute atomic E-state index is 11.6. The Hall–Kier alpha value is -1.77. The molecule has 0 radical (unpaired) electrons. The molecule has 3 heteroatoms. The van der Waals surface area contributed by atoms with E-state index < -0.39 is 0 Å². The first kappa shape index (κ1) is 11.7. The Balaban J connectivity index is 1.93. The number of hydrogen-bond acceptors (Lipinski definition) is 2. The number of likely N-dealkylation sites (tertiary alicyclic amines) is 1. The molecule has 0 saturated carbocycles. The molecular weight excluding hydrogens is 214 g/mol. The van der Waals surface area contributed by atoms with Crippen LogP contribution in [0.15, 0.2) is 30.3 Å². The van der Waals surface area contributed by atoms with Crippen LogP contribution in [0.25, 0.3) is 6.08 Å². The number of ether oxygens (including phenoxy) is 1. The average molecular weight is 231 g/mol. The molecule has 1 amide bonds. The standard InChI is InChI=1S/C14H17NO2/c1-2-17-13-7-4-12(5-8-13)6-9-14(16)15-10-3-11-15/h4-9H,2-3,10-11H2,1H3. The molecule has 0 spiro atoms. The van der Waals surface area contributed by atoms with E-state index in [2.05, 4.69) is 0 Å².